The molecule has 29 heavy (non-hydrogen) atoms. The Morgan fingerprint density at radius 2 is 1.66 bits per heavy atom. The van der Waals surface area contributed by atoms with Crippen LogP contribution in [-0.4, -0.2) is 14.6 Å². The third-order valence-corrected chi connectivity index (χ3v) is 5.70. The number of nitrogens with two attached hydrogens (primary N) is 1. The Hall–Kier alpha value is -3.14. The van der Waals surface area contributed by atoms with Crippen LogP contribution < -0.4 is 5.73 Å². The van der Waals surface area contributed by atoms with Crippen LogP contribution in [0.25, 0.3) is 16.8 Å². The standard InChI is InChI=1S/C25H28N4/c1-16-8-6-7-9-20(16)22-23-21(14-15-29(23)28-24(26)27-22)17(2)18-10-12-19(13-11-18)25(3,4)5/h6-15,17H,1-5H3,(H2,26,28). The summed E-state index contributed by atoms with van der Waals surface area (Å²) in [7, 11) is 0. The highest BCUT2D eigenvalue weighted by Crippen LogP contribution is 2.35. The second-order valence-electron chi connectivity index (χ2n) is 8.79. The summed E-state index contributed by atoms with van der Waals surface area (Å²) in [6.45, 7) is 11.1. The van der Waals surface area contributed by atoms with Crippen molar-refractivity contribution in [3.05, 3.63) is 83.0 Å². The van der Waals surface area contributed by atoms with E-state index in [1.807, 2.05) is 22.8 Å². The van der Waals surface area contributed by atoms with Crippen LogP contribution in [0.15, 0.2) is 60.8 Å². The van der Waals surface area contributed by atoms with Crippen molar-refractivity contribution in [3.63, 3.8) is 0 Å². The number of aryl methyl sites for hydroxylation is 1. The van der Waals surface area contributed by atoms with Gasteiger partial charge in [-0.25, -0.2) is 9.50 Å². The number of nitrogen functional groups attached to an aromatic ring is 1. The first-order chi connectivity index (χ1) is 13.8. The van der Waals surface area contributed by atoms with Crippen LogP contribution in [-0.2, 0) is 5.41 Å². The maximum Gasteiger partial charge on any atom is 0.238 e. The van der Waals surface area contributed by atoms with E-state index in [-0.39, 0.29) is 17.3 Å². The monoisotopic (exact) mass is 384 g/mol. The molecule has 4 nitrogen and oxygen atoms in total. The van der Waals surface area contributed by atoms with Crippen LogP contribution in [0.3, 0.4) is 0 Å². The molecule has 0 saturated heterocycles. The minimum absolute atomic E-state index is 0.147. The van der Waals surface area contributed by atoms with Gasteiger partial charge >= 0.3 is 0 Å². The molecule has 4 rings (SSSR count). The number of hydrogen-bond acceptors (Lipinski definition) is 3. The molecule has 0 aliphatic heterocycles. The summed E-state index contributed by atoms with van der Waals surface area (Å²) < 4.78 is 1.86. The highest BCUT2D eigenvalue weighted by atomic mass is 15.3. The van der Waals surface area contributed by atoms with Gasteiger partial charge in [-0.2, -0.15) is 0 Å². The normalized spacial score (nSPS) is 13.0. The lowest BCUT2D eigenvalue weighted by Gasteiger charge is -2.20. The Bertz CT molecular complexity index is 1160. The number of rotatable bonds is 3. The molecule has 4 aromatic rings. The quantitative estimate of drug-likeness (QED) is 0.490. The first kappa shape index (κ1) is 19.2. The molecule has 0 spiro atoms. The topological polar surface area (TPSA) is 56.2 Å². The van der Waals surface area contributed by atoms with Crippen molar-refractivity contribution < 1.29 is 0 Å². The van der Waals surface area contributed by atoms with Crippen LogP contribution in [0.2, 0.25) is 0 Å². The fraction of sp³-hybridized carbons (Fsp3) is 0.280. The number of benzene rings is 2. The van der Waals surface area contributed by atoms with E-state index in [1.165, 1.54) is 22.3 Å². The summed E-state index contributed by atoms with van der Waals surface area (Å²) in [5.41, 5.74) is 14.1. The van der Waals surface area contributed by atoms with E-state index >= 15 is 0 Å². The van der Waals surface area contributed by atoms with Gasteiger partial charge in [-0.15, -0.1) is 5.10 Å². The Kier molecular flexibility index (Phi) is 4.65. The van der Waals surface area contributed by atoms with Crippen molar-refractivity contribution in [2.75, 3.05) is 5.73 Å². The number of hydrogen-bond donors (Lipinski definition) is 1. The van der Waals surface area contributed by atoms with Gasteiger partial charge in [0, 0.05) is 17.7 Å². The first-order valence-corrected chi connectivity index (χ1v) is 10.1. The Labute approximate surface area is 172 Å². The molecule has 1 unspecified atom stereocenters. The fourth-order valence-electron chi connectivity index (χ4n) is 3.89. The molecule has 148 valence electrons. The molecule has 1 atom stereocenters. The Balaban J connectivity index is 1.86. The zero-order chi connectivity index (χ0) is 20.8. The second-order valence-corrected chi connectivity index (χ2v) is 8.79. The smallest absolute Gasteiger partial charge is 0.238 e. The molecule has 2 aromatic heterocycles. The third kappa shape index (κ3) is 3.51. The average Bonchev–Trinajstić information content (AvgIpc) is 3.10. The summed E-state index contributed by atoms with van der Waals surface area (Å²) in [5.74, 6) is 0.490. The van der Waals surface area contributed by atoms with Crippen LogP contribution >= 0.6 is 0 Å². The van der Waals surface area contributed by atoms with E-state index < -0.39 is 0 Å². The lowest BCUT2D eigenvalue weighted by atomic mass is 9.85. The van der Waals surface area contributed by atoms with Gasteiger partial charge < -0.3 is 5.73 Å². The maximum absolute atomic E-state index is 6.02. The van der Waals surface area contributed by atoms with Crippen molar-refractivity contribution >= 4 is 11.5 Å². The molecule has 0 amide bonds. The minimum atomic E-state index is 0.147. The molecular formula is C25H28N4. The molecule has 2 heterocycles. The van der Waals surface area contributed by atoms with E-state index in [1.54, 1.807) is 0 Å². The molecule has 0 bridgehead atoms. The highest BCUT2D eigenvalue weighted by molar-refractivity contribution is 5.82. The Morgan fingerprint density at radius 3 is 2.31 bits per heavy atom. The number of aromatic nitrogens is 3. The van der Waals surface area contributed by atoms with Crippen LogP contribution in [0.4, 0.5) is 5.95 Å². The summed E-state index contributed by atoms with van der Waals surface area (Å²) >= 11 is 0. The molecule has 4 heteroatoms. The van der Waals surface area contributed by atoms with Crippen molar-refractivity contribution in [2.45, 2.75) is 46.0 Å². The van der Waals surface area contributed by atoms with Crippen molar-refractivity contribution in [3.8, 4) is 11.3 Å². The summed E-state index contributed by atoms with van der Waals surface area (Å²) in [6, 6.07) is 19.3. The molecule has 0 fully saturated rings. The van der Waals surface area contributed by atoms with Gasteiger partial charge in [-0.1, -0.05) is 76.2 Å². The summed E-state index contributed by atoms with van der Waals surface area (Å²) in [6.07, 6.45) is 1.98. The molecule has 0 radical (unpaired) electrons. The predicted octanol–water partition coefficient (Wildman–Crippen LogP) is 5.74. The number of fused-ring (bicyclic) bond motifs is 1. The molecule has 0 aliphatic rings. The van der Waals surface area contributed by atoms with Crippen LogP contribution in [0.5, 0.6) is 0 Å². The SMILES string of the molecule is Cc1ccccc1-c1nc(N)nn2ccc(C(C)c3ccc(C(C)(C)C)cc3)c12. The summed E-state index contributed by atoms with van der Waals surface area (Å²) in [4.78, 5) is 4.63. The first-order valence-electron chi connectivity index (χ1n) is 10.1. The zero-order valence-corrected chi connectivity index (χ0v) is 17.8. The van der Waals surface area contributed by atoms with Gasteiger partial charge in [0.05, 0.1) is 5.52 Å². The lowest BCUT2D eigenvalue weighted by molar-refractivity contribution is 0.590. The van der Waals surface area contributed by atoms with Crippen LogP contribution in [0.1, 0.15) is 55.9 Å². The van der Waals surface area contributed by atoms with Gasteiger partial charge in [-0.05, 0) is 40.7 Å². The molecule has 0 saturated carbocycles. The van der Waals surface area contributed by atoms with E-state index in [0.717, 1.165) is 16.8 Å². The van der Waals surface area contributed by atoms with E-state index in [0.29, 0.717) is 0 Å². The van der Waals surface area contributed by atoms with Gasteiger partial charge in [0.25, 0.3) is 0 Å². The molecule has 2 N–H and O–H groups in total. The van der Waals surface area contributed by atoms with Crippen LogP contribution in [0, 0.1) is 6.92 Å². The van der Waals surface area contributed by atoms with Gasteiger partial charge in [-0.3, -0.25) is 0 Å². The molecule has 0 aliphatic carbocycles. The number of anilines is 1. The van der Waals surface area contributed by atoms with Gasteiger partial charge in [0.15, 0.2) is 0 Å². The van der Waals surface area contributed by atoms with Crippen molar-refractivity contribution in [1.82, 2.24) is 14.6 Å². The van der Waals surface area contributed by atoms with E-state index in [9.17, 15) is 0 Å². The zero-order valence-electron chi connectivity index (χ0n) is 17.8. The van der Waals surface area contributed by atoms with Gasteiger partial charge in [0.2, 0.25) is 5.95 Å². The lowest BCUT2D eigenvalue weighted by Crippen LogP contribution is -2.11. The number of nitrogens with zero attached hydrogens (tertiary/aromatic N) is 3. The molecular weight excluding hydrogens is 356 g/mol. The average molecular weight is 385 g/mol. The van der Waals surface area contributed by atoms with Gasteiger partial charge in [0.1, 0.15) is 5.69 Å². The van der Waals surface area contributed by atoms with Crippen molar-refractivity contribution in [2.24, 2.45) is 0 Å². The van der Waals surface area contributed by atoms with Crippen molar-refractivity contribution in [1.29, 1.82) is 0 Å². The molecule has 2 aromatic carbocycles. The predicted molar refractivity (Wildman–Crippen MR) is 120 cm³/mol. The van der Waals surface area contributed by atoms with E-state index in [2.05, 4.69) is 87.2 Å². The summed E-state index contributed by atoms with van der Waals surface area (Å²) in [5, 5.41) is 4.42. The largest absolute Gasteiger partial charge is 0.367 e. The minimum Gasteiger partial charge on any atom is -0.367 e. The van der Waals surface area contributed by atoms with E-state index in [4.69, 9.17) is 5.73 Å². The second kappa shape index (κ2) is 7.03. The highest BCUT2D eigenvalue weighted by Gasteiger charge is 2.20. The fourth-order valence-corrected chi connectivity index (χ4v) is 3.89. The third-order valence-electron chi connectivity index (χ3n) is 5.70. The Morgan fingerprint density at radius 1 is 0.966 bits per heavy atom. The maximum atomic E-state index is 6.02.